The van der Waals surface area contributed by atoms with E-state index in [1.807, 2.05) is 32.9 Å². The summed E-state index contributed by atoms with van der Waals surface area (Å²) in [4.78, 5) is 4.33. The van der Waals surface area contributed by atoms with Crippen molar-refractivity contribution in [1.82, 2.24) is 5.32 Å². The molecule has 100 valence electrons. The number of aliphatic imine (C=N–C) groups is 1. The molecule has 4 nitrogen and oxygen atoms in total. The highest BCUT2D eigenvalue weighted by Crippen LogP contribution is 2.11. The van der Waals surface area contributed by atoms with E-state index in [-0.39, 0.29) is 0 Å². The van der Waals surface area contributed by atoms with Crippen LogP contribution >= 0.6 is 0 Å². The van der Waals surface area contributed by atoms with E-state index in [1.54, 1.807) is 0 Å². The molecule has 4 heteroatoms. The number of nitrogens with zero attached hydrogens (tertiary/aromatic N) is 1. The van der Waals surface area contributed by atoms with Crippen LogP contribution in [0.2, 0.25) is 0 Å². The van der Waals surface area contributed by atoms with Crippen molar-refractivity contribution in [2.24, 2.45) is 10.7 Å². The monoisotopic (exact) mass is 249 g/mol. The van der Waals surface area contributed by atoms with Gasteiger partial charge in [-0.05, 0) is 31.9 Å². The normalized spacial score (nSPS) is 11.9. The summed E-state index contributed by atoms with van der Waals surface area (Å²) in [7, 11) is 0. The number of rotatable bonds is 6. The third-order valence-electron chi connectivity index (χ3n) is 2.44. The van der Waals surface area contributed by atoms with Crippen LogP contribution in [0.25, 0.3) is 0 Å². The van der Waals surface area contributed by atoms with Crippen LogP contribution in [0.4, 0.5) is 0 Å². The Balaban J connectivity index is 2.65. The lowest BCUT2D eigenvalue weighted by atomic mass is 10.1. The molecule has 0 atom stereocenters. The van der Waals surface area contributed by atoms with Crippen molar-refractivity contribution >= 4 is 5.96 Å². The minimum Gasteiger partial charge on any atom is -0.377 e. The Kier molecular flexibility index (Phi) is 6.22. The second-order valence-electron chi connectivity index (χ2n) is 4.41. The van der Waals surface area contributed by atoms with Crippen LogP contribution in [0.5, 0.6) is 0 Å². The zero-order chi connectivity index (χ0) is 13.4. The molecule has 0 saturated carbocycles. The smallest absolute Gasteiger partial charge is 0.189 e. The average molecular weight is 249 g/mol. The highest BCUT2D eigenvalue weighted by molar-refractivity contribution is 5.78. The van der Waals surface area contributed by atoms with E-state index in [0.717, 1.165) is 5.56 Å². The lowest BCUT2D eigenvalue weighted by molar-refractivity contribution is 0.133. The average Bonchev–Trinajstić information content (AvgIpc) is 2.34. The molecule has 0 unspecified atom stereocenters. The molecule has 0 heterocycles. The molecule has 1 rings (SSSR count). The fourth-order valence-corrected chi connectivity index (χ4v) is 1.58. The van der Waals surface area contributed by atoms with Gasteiger partial charge in [-0.25, -0.2) is 4.99 Å². The second-order valence-corrected chi connectivity index (χ2v) is 4.41. The lowest BCUT2D eigenvalue weighted by Gasteiger charge is -2.10. The molecule has 0 bridgehead atoms. The summed E-state index contributed by atoms with van der Waals surface area (Å²) in [6.07, 6.45) is 0. The van der Waals surface area contributed by atoms with E-state index < -0.39 is 0 Å². The fourth-order valence-electron chi connectivity index (χ4n) is 1.58. The Morgan fingerprint density at radius 1 is 1.33 bits per heavy atom. The first kappa shape index (κ1) is 14.5. The largest absolute Gasteiger partial charge is 0.377 e. The summed E-state index contributed by atoms with van der Waals surface area (Å²) in [5.41, 5.74) is 8.10. The molecule has 0 spiro atoms. The van der Waals surface area contributed by atoms with E-state index in [0.29, 0.717) is 31.8 Å². The molecule has 1 aromatic rings. The Labute approximate surface area is 109 Å². The zero-order valence-corrected chi connectivity index (χ0v) is 11.4. The van der Waals surface area contributed by atoms with Crippen molar-refractivity contribution in [2.45, 2.75) is 40.0 Å². The van der Waals surface area contributed by atoms with Gasteiger partial charge in [-0.15, -0.1) is 0 Å². The number of hydrogen-bond donors (Lipinski definition) is 2. The molecule has 0 aromatic heterocycles. The van der Waals surface area contributed by atoms with E-state index in [2.05, 4.69) is 22.4 Å². The summed E-state index contributed by atoms with van der Waals surface area (Å²) in [6.45, 7) is 7.98. The van der Waals surface area contributed by atoms with Gasteiger partial charge < -0.3 is 15.8 Å². The van der Waals surface area contributed by atoms with Crippen molar-refractivity contribution < 1.29 is 4.74 Å². The van der Waals surface area contributed by atoms with Gasteiger partial charge in [-0.1, -0.05) is 24.3 Å². The number of nitrogens with one attached hydrogen (secondary N) is 1. The van der Waals surface area contributed by atoms with Crippen molar-refractivity contribution in [2.75, 3.05) is 6.61 Å². The van der Waals surface area contributed by atoms with E-state index >= 15 is 0 Å². The number of guanidine groups is 1. The fraction of sp³-hybridized carbons (Fsp3) is 0.500. The molecule has 3 N–H and O–H groups in total. The van der Waals surface area contributed by atoms with Gasteiger partial charge in [0, 0.05) is 12.6 Å². The van der Waals surface area contributed by atoms with Crippen LogP contribution in [0.15, 0.2) is 29.3 Å². The molecule has 18 heavy (non-hydrogen) atoms. The lowest BCUT2D eigenvalue weighted by Crippen LogP contribution is -2.36. The molecule has 0 aliphatic carbocycles. The Hall–Kier alpha value is -1.55. The SMILES string of the molecule is CCOCc1ccccc1CN=C(N)NC(C)C. The number of ether oxygens (including phenoxy) is 1. The van der Waals surface area contributed by atoms with Crippen molar-refractivity contribution in [3.8, 4) is 0 Å². The highest BCUT2D eigenvalue weighted by atomic mass is 16.5. The molecule has 1 aromatic carbocycles. The maximum absolute atomic E-state index is 5.78. The second kappa shape index (κ2) is 7.71. The Bertz CT molecular complexity index is 388. The Morgan fingerprint density at radius 3 is 2.61 bits per heavy atom. The minimum absolute atomic E-state index is 0.299. The Morgan fingerprint density at radius 2 is 2.00 bits per heavy atom. The van der Waals surface area contributed by atoms with Crippen LogP contribution < -0.4 is 11.1 Å². The number of hydrogen-bond acceptors (Lipinski definition) is 2. The molecule has 0 fully saturated rings. The van der Waals surface area contributed by atoms with Gasteiger partial charge in [0.25, 0.3) is 0 Å². The standard InChI is InChI=1S/C14H23N3O/c1-4-18-10-13-8-6-5-7-12(13)9-16-14(15)17-11(2)3/h5-8,11H,4,9-10H2,1-3H3,(H3,15,16,17). The van der Waals surface area contributed by atoms with Gasteiger partial charge in [0.2, 0.25) is 0 Å². The highest BCUT2D eigenvalue weighted by Gasteiger charge is 2.01. The van der Waals surface area contributed by atoms with Crippen LogP contribution in [0.1, 0.15) is 31.9 Å². The van der Waals surface area contributed by atoms with E-state index in [1.165, 1.54) is 5.56 Å². The summed E-state index contributed by atoms with van der Waals surface area (Å²) in [6, 6.07) is 8.43. The van der Waals surface area contributed by atoms with Crippen LogP contribution in [0, 0.1) is 0 Å². The molecular formula is C14H23N3O. The van der Waals surface area contributed by atoms with E-state index in [4.69, 9.17) is 10.5 Å². The molecule has 0 radical (unpaired) electrons. The van der Waals surface area contributed by atoms with Gasteiger partial charge in [-0.3, -0.25) is 0 Å². The minimum atomic E-state index is 0.299. The zero-order valence-electron chi connectivity index (χ0n) is 11.4. The maximum Gasteiger partial charge on any atom is 0.189 e. The predicted octanol–water partition coefficient (Wildman–Crippen LogP) is 2.04. The van der Waals surface area contributed by atoms with Crippen LogP contribution in [-0.2, 0) is 17.9 Å². The number of benzene rings is 1. The third-order valence-corrected chi connectivity index (χ3v) is 2.44. The first-order valence-electron chi connectivity index (χ1n) is 6.34. The topological polar surface area (TPSA) is 59.6 Å². The third kappa shape index (κ3) is 5.19. The molecule has 0 amide bonds. The predicted molar refractivity (Wildman–Crippen MR) is 75.4 cm³/mol. The first-order valence-corrected chi connectivity index (χ1v) is 6.34. The quantitative estimate of drug-likeness (QED) is 0.599. The van der Waals surface area contributed by atoms with Crippen molar-refractivity contribution in [3.05, 3.63) is 35.4 Å². The maximum atomic E-state index is 5.78. The van der Waals surface area contributed by atoms with Gasteiger partial charge >= 0.3 is 0 Å². The van der Waals surface area contributed by atoms with Crippen LogP contribution in [-0.4, -0.2) is 18.6 Å². The van der Waals surface area contributed by atoms with Crippen molar-refractivity contribution in [3.63, 3.8) is 0 Å². The molecular weight excluding hydrogens is 226 g/mol. The van der Waals surface area contributed by atoms with Gasteiger partial charge in [0.05, 0.1) is 13.2 Å². The van der Waals surface area contributed by atoms with Crippen molar-refractivity contribution in [1.29, 1.82) is 0 Å². The summed E-state index contributed by atoms with van der Waals surface area (Å²) in [5.74, 6) is 0.483. The molecule has 0 aliphatic heterocycles. The van der Waals surface area contributed by atoms with Gasteiger partial charge in [0.1, 0.15) is 0 Å². The molecule has 0 saturated heterocycles. The summed E-state index contributed by atoms with van der Waals surface area (Å²) >= 11 is 0. The van der Waals surface area contributed by atoms with Gasteiger partial charge in [-0.2, -0.15) is 0 Å². The number of nitrogens with two attached hydrogens (primary N) is 1. The van der Waals surface area contributed by atoms with Crippen LogP contribution in [0.3, 0.4) is 0 Å². The molecule has 0 aliphatic rings. The summed E-state index contributed by atoms with van der Waals surface area (Å²) < 4.78 is 5.44. The summed E-state index contributed by atoms with van der Waals surface area (Å²) in [5, 5.41) is 3.07. The van der Waals surface area contributed by atoms with Gasteiger partial charge in [0.15, 0.2) is 5.96 Å². The first-order chi connectivity index (χ1) is 8.63. The van der Waals surface area contributed by atoms with E-state index in [9.17, 15) is 0 Å².